The molecule has 0 bridgehead atoms. The fourth-order valence-corrected chi connectivity index (χ4v) is 3.14. The largest absolute Gasteiger partial charge is 0.478 e. The van der Waals surface area contributed by atoms with Gasteiger partial charge in [0.1, 0.15) is 5.82 Å². The minimum atomic E-state index is -0.917. The van der Waals surface area contributed by atoms with Crippen molar-refractivity contribution in [2.75, 3.05) is 31.5 Å². The molecule has 5 nitrogen and oxygen atoms in total. The number of benzene rings is 1. The van der Waals surface area contributed by atoms with Crippen molar-refractivity contribution in [3.05, 3.63) is 35.9 Å². The van der Waals surface area contributed by atoms with Crippen LogP contribution in [0.4, 0.5) is 5.82 Å². The zero-order chi connectivity index (χ0) is 16.1. The second-order valence-electron chi connectivity index (χ2n) is 6.06. The minimum Gasteiger partial charge on any atom is -0.478 e. The molecule has 1 aromatic heterocycles. The standard InChI is InChI=1S/C18H23N3O2/c22-18(23)15-13-17(20-16-8-4-3-7-14(15)16)19-9-12-21-10-5-1-2-6-11-21/h3-4,7-8,13H,1-2,5-6,9-12H2,(H,19,20)(H,22,23). The van der Waals surface area contributed by atoms with Gasteiger partial charge in [0.15, 0.2) is 0 Å². The number of para-hydroxylation sites is 1. The number of pyridine rings is 1. The fraction of sp³-hybridized carbons (Fsp3) is 0.444. The molecule has 0 amide bonds. The third kappa shape index (κ3) is 3.99. The first-order valence-corrected chi connectivity index (χ1v) is 8.33. The summed E-state index contributed by atoms with van der Waals surface area (Å²) in [5.41, 5.74) is 1.01. The van der Waals surface area contributed by atoms with E-state index in [9.17, 15) is 9.90 Å². The third-order valence-electron chi connectivity index (χ3n) is 4.38. The molecular weight excluding hydrogens is 290 g/mol. The molecule has 1 aromatic carbocycles. The number of likely N-dealkylation sites (tertiary alicyclic amines) is 1. The summed E-state index contributed by atoms with van der Waals surface area (Å²) in [5.74, 6) is -0.282. The average molecular weight is 313 g/mol. The molecule has 1 aliphatic heterocycles. The van der Waals surface area contributed by atoms with Gasteiger partial charge in [0.05, 0.1) is 11.1 Å². The van der Waals surface area contributed by atoms with E-state index >= 15 is 0 Å². The number of nitrogens with zero attached hydrogens (tertiary/aromatic N) is 2. The van der Waals surface area contributed by atoms with Crippen molar-refractivity contribution in [1.82, 2.24) is 9.88 Å². The smallest absolute Gasteiger partial charge is 0.336 e. The van der Waals surface area contributed by atoms with E-state index in [0.29, 0.717) is 22.3 Å². The molecule has 1 fully saturated rings. The molecule has 5 heteroatoms. The van der Waals surface area contributed by atoms with Crippen molar-refractivity contribution in [3.63, 3.8) is 0 Å². The van der Waals surface area contributed by atoms with Gasteiger partial charge < -0.3 is 15.3 Å². The van der Waals surface area contributed by atoms with Crippen LogP contribution in [-0.2, 0) is 0 Å². The first-order chi connectivity index (χ1) is 11.2. The number of hydrogen-bond donors (Lipinski definition) is 2. The molecule has 0 atom stereocenters. The summed E-state index contributed by atoms with van der Waals surface area (Å²) in [6, 6.07) is 8.99. The lowest BCUT2D eigenvalue weighted by molar-refractivity contribution is 0.0699. The summed E-state index contributed by atoms with van der Waals surface area (Å²) in [6.07, 6.45) is 5.21. The monoisotopic (exact) mass is 313 g/mol. The first-order valence-electron chi connectivity index (χ1n) is 8.33. The molecule has 0 spiro atoms. The molecule has 0 saturated carbocycles. The molecule has 0 unspecified atom stereocenters. The van der Waals surface area contributed by atoms with Gasteiger partial charge in [0.2, 0.25) is 0 Å². The molecule has 0 radical (unpaired) electrons. The van der Waals surface area contributed by atoms with Crippen LogP contribution in [0.2, 0.25) is 0 Å². The average Bonchev–Trinajstić information content (AvgIpc) is 2.83. The van der Waals surface area contributed by atoms with E-state index in [-0.39, 0.29) is 0 Å². The quantitative estimate of drug-likeness (QED) is 0.887. The second kappa shape index (κ2) is 7.42. The highest BCUT2D eigenvalue weighted by Gasteiger charge is 2.12. The molecule has 1 aliphatic rings. The number of anilines is 1. The van der Waals surface area contributed by atoms with Crippen LogP contribution in [0.3, 0.4) is 0 Å². The van der Waals surface area contributed by atoms with E-state index in [0.717, 1.165) is 26.2 Å². The Morgan fingerprint density at radius 1 is 1.17 bits per heavy atom. The Kier molecular flexibility index (Phi) is 5.08. The van der Waals surface area contributed by atoms with Crippen molar-refractivity contribution in [3.8, 4) is 0 Å². The topological polar surface area (TPSA) is 65.5 Å². The lowest BCUT2D eigenvalue weighted by atomic mass is 10.1. The van der Waals surface area contributed by atoms with Crippen molar-refractivity contribution in [1.29, 1.82) is 0 Å². The Labute approximate surface area is 136 Å². The number of fused-ring (bicyclic) bond motifs is 1. The molecular formula is C18H23N3O2. The fourth-order valence-electron chi connectivity index (χ4n) is 3.14. The van der Waals surface area contributed by atoms with Gasteiger partial charge >= 0.3 is 5.97 Å². The van der Waals surface area contributed by atoms with E-state index in [4.69, 9.17) is 0 Å². The Balaban J connectivity index is 1.69. The van der Waals surface area contributed by atoms with Crippen LogP contribution in [0, 0.1) is 0 Å². The Hall–Kier alpha value is -2.14. The second-order valence-corrected chi connectivity index (χ2v) is 6.06. The normalized spacial score (nSPS) is 16.2. The zero-order valence-electron chi connectivity index (χ0n) is 13.3. The molecule has 3 rings (SSSR count). The van der Waals surface area contributed by atoms with Crippen LogP contribution in [0.5, 0.6) is 0 Å². The Bertz CT molecular complexity index is 679. The van der Waals surface area contributed by atoms with Crippen molar-refractivity contribution in [2.24, 2.45) is 0 Å². The van der Waals surface area contributed by atoms with Crippen LogP contribution < -0.4 is 5.32 Å². The number of aromatic carboxylic acids is 1. The van der Waals surface area contributed by atoms with Crippen LogP contribution >= 0.6 is 0 Å². The van der Waals surface area contributed by atoms with Crippen molar-refractivity contribution in [2.45, 2.75) is 25.7 Å². The number of carboxylic acids is 1. The molecule has 2 N–H and O–H groups in total. The van der Waals surface area contributed by atoms with Crippen LogP contribution in [-0.4, -0.2) is 47.1 Å². The summed E-state index contributed by atoms with van der Waals surface area (Å²) in [7, 11) is 0. The van der Waals surface area contributed by atoms with E-state index in [1.165, 1.54) is 25.7 Å². The summed E-state index contributed by atoms with van der Waals surface area (Å²) < 4.78 is 0. The molecule has 2 heterocycles. The highest BCUT2D eigenvalue weighted by molar-refractivity contribution is 6.03. The SMILES string of the molecule is O=C(O)c1cc(NCCN2CCCCCC2)nc2ccccc12. The lowest BCUT2D eigenvalue weighted by Crippen LogP contribution is -2.30. The molecule has 2 aromatic rings. The zero-order valence-corrected chi connectivity index (χ0v) is 13.3. The van der Waals surface area contributed by atoms with E-state index in [1.54, 1.807) is 12.1 Å². The van der Waals surface area contributed by atoms with Gasteiger partial charge in [0.25, 0.3) is 0 Å². The minimum absolute atomic E-state index is 0.299. The number of rotatable bonds is 5. The summed E-state index contributed by atoms with van der Waals surface area (Å²) in [6.45, 7) is 4.07. The van der Waals surface area contributed by atoms with Gasteiger partial charge in [-0.2, -0.15) is 0 Å². The Morgan fingerprint density at radius 3 is 2.65 bits per heavy atom. The van der Waals surface area contributed by atoms with E-state index in [1.807, 2.05) is 18.2 Å². The van der Waals surface area contributed by atoms with Crippen molar-refractivity contribution < 1.29 is 9.90 Å². The van der Waals surface area contributed by atoms with Crippen LogP contribution in [0.25, 0.3) is 10.9 Å². The van der Waals surface area contributed by atoms with Gasteiger partial charge in [-0.15, -0.1) is 0 Å². The number of carboxylic acid groups (broad SMARTS) is 1. The summed E-state index contributed by atoms with van der Waals surface area (Å²) in [4.78, 5) is 18.5. The summed E-state index contributed by atoms with van der Waals surface area (Å²) in [5, 5.41) is 13.4. The number of carbonyl (C=O) groups is 1. The van der Waals surface area contributed by atoms with E-state index < -0.39 is 5.97 Å². The van der Waals surface area contributed by atoms with Gasteiger partial charge in [-0.05, 0) is 38.1 Å². The first kappa shape index (κ1) is 15.7. The maximum absolute atomic E-state index is 11.5. The maximum atomic E-state index is 11.5. The number of hydrogen-bond acceptors (Lipinski definition) is 4. The molecule has 122 valence electrons. The van der Waals surface area contributed by atoms with E-state index in [2.05, 4.69) is 15.2 Å². The third-order valence-corrected chi connectivity index (χ3v) is 4.38. The van der Waals surface area contributed by atoms with Gasteiger partial charge in [-0.3, -0.25) is 0 Å². The van der Waals surface area contributed by atoms with Crippen LogP contribution in [0.15, 0.2) is 30.3 Å². The predicted molar refractivity (Wildman–Crippen MR) is 92.1 cm³/mol. The highest BCUT2D eigenvalue weighted by atomic mass is 16.4. The van der Waals surface area contributed by atoms with Crippen LogP contribution in [0.1, 0.15) is 36.0 Å². The van der Waals surface area contributed by atoms with Gasteiger partial charge in [0, 0.05) is 18.5 Å². The predicted octanol–water partition coefficient (Wildman–Crippen LogP) is 3.22. The van der Waals surface area contributed by atoms with Gasteiger partial charge in [-0.1, -0.05) is 31.0 Å². The van der Waals surface area contributed by atoms with Gasteiger partial charge in [-0.25, -0.2) is 9.78 Å². The van der Waals surface area contributed by atoms with Crippen molar-refractivity contribution >= 4 is 22.7 Å². The molecule has 1 saturated heterocycles. The number of nitrogens with one attached hydrogen (secondary N) is 1. The molecule has 0 aliphatic carbocycles. The lowest BCUT2D eigenvalue weighted by Gasteiger charge is -2.20. The Morgan fingerprint density at radius 2 is 1.91 bits per heavy atom. The summed E-state index contributed by atoms with van der Waals surface area (Å²) >= 11 is 0. The maximum Gasteiger partial charge on any atom is 0.336 e. The number of aromatic nitrogens is 1. The highest BCUT2D eigenvalue weighted by Crippen LogP contribution is 2.20. The molecule has 23 heavy (non-hydrogen) atoms.